The predicted octanol–water partition coefficient (Wildman–Crippen LogP) is 3.30. The van der Waals surface area contributed by atoms with Crippen LogP contribution in [0.1, 0.15) is 49.7 Å². The number of piperidine rings is 1. The molecule has 0 bridgehead atoms. The molecule has 4 N–H and O–H groups in total. The molecule has 5 nitrogen and oxygen atoms in total. The maximum Gasteiger partial charge on any atom is 0.241 e. The van der Waals surface area contributed by atoms with Crippen LogP contribution in [0.3, 0.4) is 0 Å². The average molecular weight is 394 g/mol. The summed E-state index contributed by atoms with van der Waals surface area (Å²) in [6, 6.07) is 8.92. The van der Waals surface area contributed by atoms with Crippen LogP contribution >= 0.6 is 0 Å². The van der Waals surface area contributed by atoms with Crippen LogP contribution in [-0.2, 0) is 10.3 Å². The molecule has 152 valence electrons. The molecule has 1 aromatic carbocycles. The molecule has 2 saturated carbocycles. The lowest BCUT2D eigenvalue weighted by Crippen LogP contribution is -2.39. The summed E-state index contributed by atoms with van der Waals surface area (Å²) in [6.45, 7) is 0. The van der Waals surface area contributed by atoms with E-state index in [2.05, 4.69) is 15.6 Å². The second kappa shape index (κ2) is 7.18. The number of nitrogens with two attached hydrogens (primary N) is 1. The van der Waals surface area contributed by atoms with Crippen LogP contribution in [0.4, 0.5) is 10.1 Å². The predicted molar refractivity (Wildman–Crippen MR) is 110 cm³/mol. The van der Waals surface area contributed by atoms with Crippen molar-refractivity contribution in [1.29, 1.82) is 0 Å². The molecule has 29 heavy (non-hydrogen) atoms. The number of amides is 1. The number of carbonyl (C=O) groups excluding carboxylic acids is 1. The van der Waals surface area contributed by atoms with Crippen LogP contribution in [0, 0.1) is 17.7 Å². The monoisotopic (exact) mass is 394 g/mol. The lowest BCUT2D eigenvalue weighted by molar-refractivity contribution is -0.118. The molecule has 0 spiro atoms. The van der Waals surface area contributed by atoms with Gasteiger partial charge < -0.3 is 16.4 Å². The average Bonchev–Trinajstić information content (AvgIpc) is 3.67. The van der Waals surface area contributed by atoms with Crippen molar-refractivity contribution >= 4 is 11.6 Å². The van der Waals surface area contributed by atoms with Crippen molar-refractivity contribution in [2.75, 3.05) is 5.32 Å². The van der Waals surface area contributed by atoms with Crippen LogP contribution in [-0.4, -0.2) is 23.0 Å². The van der Waals surface area contributed by atoms with Crippen LogP contribution in [0.2, 0.25) is 0 Å². The van der Waals surface area contributed by atoms with E-state index < -0.39 is 11.4 Å². The molecule has 1 aliphatic heterocycles. The molecule has 2 heterocycles. The summed E-state index contributed by atoms with van der Waals surface area (Å²) in [7, 11) is 0. The molecule has 3 aliphatic rings. The topological polar surface area (TPSA) is 80.0 Å². The van der Waals surface area contributed by atoms with Crippen molar-refractivity contribution in [2.24, 2.45) is 17.6 Å². The molecule has 6 heteroatoms. The van der Waals surface area contributed by atoms with Gasteiger partial charge in [-0.15, -0.1) is 0 Å². The van der Waals surface area contributed by atoms with Gasteiger partial charge in [0.1, 0.15) is 5.82 Å². The number of halogens is 1. The van der Waals surface area contributed by atoms with Gasteiger partial charge in [0.25, 0.3) is 0 Å². The van der Waals surface area contributed by atoms with E-state index in [1.54, 1.807) is 24.5 Å². The highest BCUT2D eigenvalue weighted by molar-refractivity contribution is 5.95. The molecule has 2 aliphatic carbocycles. The summed E-state index contributed by atoms with van der Waals surface area (Å²) < 4.78 is 14.5. The number of aromatic nitrogens is 1. The van der Waals surface area contributed by atoms with Gasteiger partial charge in [-0.2, -0.15) is 0 Å². The Labute approximate surface area is 170 Å². The standard InChI is InChI=1S/C23H27FN4O/c24-18-4-3-17(13-20(18)28-22(29)21-12-15-11-19(15)27-21)23(25,8-5-14-1-2-14)16-6-9-26-10-7-16/h3-4,6-7,9-10,13-15,19,21,27H,1-2,5,8,11-12,25H2,(H,28,29)/t15?,19-,21-,23?/m1/s1. The van der Waals surface area contributed by atoms with Gasteiger partial charge in [0.15, 0.2) is 0 Å². The molecule has 1 amide bonds. The van der Waals surface area contributed by atoms with Crippen molar-refractivity contribution < 1.29 is 9.18 Å². The van der Waals surface area contributed by atoms with Gasteiger partial charge in [0.2, 0.25) is 5.91 Å². The third-order valence-electron chi connectivity index (χ3n) is 6.77. The molecular formula is C23H27FN4O. The zero-order chi connectivity index (χ0) is 20.0. The normalized spacial score (nSPS) is 27.2. The summed E-state index contributed by atoms with van der Waals surface area (Å²) in [4.78, 5) is 16.7. The number of anilines is 1. The number of nitrogens with one attached hydrogen (secondary N) is 2. The van der Waals surface area contributed by atoms with E-state index in [9.17, 15) is 9.18 Å². The zero-order valence-corrected chi connectivity index (χ0v) is 16.4. The number of rotatable bonds is 7. The molecule has 5 rings (SSSR count). The number of fused-ring (bicyclic) bond motifs is 1. The lowest BCUT2D eigenvalue weighted by atomic mass is 9.79. The first-order chi connectivity index (χ1) is 14.0. The van der Waals surface area contributed by atoms with E-state index in [0.29, 0.717) is 12.0 Å². The van der Waals surface area contributed by atoms with E-state index in [1.165, 1.54) is 18.9 Å². The fourth-order valence-electron chi connectivity index (χ4n) is 4.59. The Bertz CT molecular complexity index is 906. The van der Waals surface area contributed by atoms with E-state index in [1.807, 2.05) is 12.1 Å². The smallest absolute Gasteiger partial charge is 0.241 e. The van der Waals surface area contributed by atoms with Crippen molar-refractivity contribution in [3.63, 3.8) is 0 Å². The molecule has 4 atom stereocenters. The summed E-state index contributed by atoms with van der Waals surface area (Å²) in [5.41, 5.74) is 8.15. The number of hydrogen-bond donors (Lipinski definition) is 3. The van der Waals surface area contributed by atoms with Gasteiger partial charge in [-0.3, -0.25) is 9.78 Å². The van der Waals surface area contributed by atoms with Crippen molar-refractivity contribution in [1.82, 2.24) is 10.3 Å². The Morgan fingerprint density at radius 1 is 1.21 bits per heavy atom. The molecule has 3 fully saturated rings. The molecular weight excluding hydrogens is 367 g/mol. The van der Waals surface area contributed by atoms with Gasteiger partial charge in [-0.1, -0.05) is 18.9 Å². The largest absolute Gasteiger partial charge is 0.322 e. The highest BCUT2D eigenvalue weighted by atomic mass is 19.1. The van der Waals surface area contributed by atoms with Crippen molar-refractivity contribution in [3.05, 3.63) is 59.7 Å². The van der Waals surface area contributed by atoms with Crippen LogP contribution in [0.15, 0.2) is 42.7 Å². The molecule has 0 radical (unpaired) electrons. The molecule has 2 unspecified atom stereocenters. The number of hydrogen-bond acceptors (Lipinski definition) is 4. The minimum absolute atomic E-state index is 0.169. The second-order valence-electron chi connectivity index (χ2n) is 8.93. The van der Waals surface area contributed by atoms with Gasteiger partial charge in [0.05, 0.1) is 17.3 Å². The summed E-state index contributed by atoms with van der Waals surface area (Å²) in [5.74, 6) is 0.731. The maximum atomic E-state index is 14.5. The summed E-state index contributed by atoms with van der Waals surface area (Å²) >= 11 is 0. The Hall–Kier alpha value is -2.31. The van der Waals surface area contributed by atoms with Crippen LogP contribution < -0.4 is 16.4 Å². The maximum absolute atomic E-state index is 14.5. The van der Waals surface area contributed by atoms with E-state index in [4.69, 9.17) is 5.73 Å². The highest BCUT2D eigenvalue weighted by Crippen LogP contribution is 2.42. The Kier molecular flexibility index (Phi) is 4.63. The van der Waals surface area contributed by atoms with Crippen molar-refractivity contribution in [3.8, 4) is 0 Å². The SMILES string of the molecule is NC(CCC1CC1)(c1ccncc1)c1ccc(F)c(NC(=O)[C@H]2CC3C[C@H]3N2)c1. The fourth-order valence-corrected chi connectivity index (χ4v) is 4.59. The number of pyridine rings is 1. The summed E-state index contributed by atoms with van der Waals surface area (Å²) in [6.07, 6.45) is 9.77. The quantitative estimate of drug-likeness (QED) is 0.673. The van der Waals surface area contributed by atoms with E-state index in [0.717, 1.165) is 42.7 Å². The first-order valence-corrected chi connectivity index (χ1v) is 10.6. The Morgan fingerprint density at radius 2 is 2.00 bits per heavy atom. The van der Waals surface area contributed by atoms with Gasteiger partial charge in [-0.25, -0.2) is 4.39 Å². The van der Waals surface area contributed by atoms with Gasteiger partial charge in [-0.05, 0) is 72.9 Å². The van der Waals surface area contributed by atoms with Gasteiger partial charge in [0, 0.05) is 18.4 Å². The molecule has 2 aromatic rings. The summed E-state index contributed by atoms with van der Waals surface area (Å²) in [5, 5.41) is 6.10. The minimum atomic E-state index is -0.744. The Morgan fingerprint density at radius 3 is 2.69 bits per heavy atom. The lowest BCUT2D eigenvalue weighted by Gasteiger charge is -2.31. The first kappa shape index (κ1) is 18.7. The van der Waals surface area contributed by atoms with E-state index >= 15 is 0 Å². The zero-order valence-electron chi connectivity index (χ0n) is 16.4. The van der Waals surface area contributed by atoms with Crippen LogP contribution in [0.25, 0.3) is 0 Å². The van der Waals surface area contributed by atoms with Crippen LogP contribution in [0.5, 0.6) is 0 Å². The highest BCUT2D eigenvalue weighted by Gasteiger charge is 2.47. The first-order valence-electron chi connectivity index (χ1n) is 10.6. The second-order valence-corrected chi connectivity index (χ2v) is 8.93. The third-order valence-corrected chi connectivity index (χ3v) is 6.77. The number of nitrogens with zero attached hydrogens (tertiary/aromatic N) is 1. The fraction of sp³-hybridized carbons (Fsp3) is 0.478. The van der Waals surface area contributed by atoms with Gasteiger partial charge >= 0.3 is 0 Å². The minimum Gasteiger partial charge on any atom is -0.322 e. The number of benzene rings is 1. The number of carbonyl (C=O) groups is 1. The third kappa shape index (κ3) is 3.79. The molecule has 1 aromatic heterocycles. The Balaban J connectivity index is 1.41. The van der Waals surface area contributed by atoms with E-state index in [-0.39, 0.29) is 17.6 Å². The molecule has 1 saturated heterocycles. The van der Waals surface area contributed by atoms with Crippen molar-refractivity contribution in [2.45, 2.75) is 56.1 Å².